The molecule has 0 bridgehead atoms. The van der Waals surface area contributed by atoms with Gasteiger partial charge in [0, 0.05) is 0 Å². The van der Waals surface area contributed by atoms with Crippen molar-refractivity contribution < 1.29 is 53.4 Å². The van der Waals surface area contributed by atoms with E-state index in [2.05, 4.69) is 0 Å². The molecule has 9 heavy (non-hydrogen) atoms. The van der Waals surface area contributed by atoms with Crippen molar-refractivity contribution in [3.63, 3.8) is 0 Å². The van der Waals surface area contributed by atoms with E-state index in [1.165, 1.54) is 0 Å². The van der Waals surface area contributed by atoms with Crippen molar-refractivity contribution in [2.45, 2.75) is 0 Å². The first-order valence-corrected chi connectivity index (χ1v) is 2.00. The molecule has 0 heterocycles. The van der Waals surface area contributed by atoms with Crippen LogP contribution in [0.3, 0.4) is 0 Å². The SMILES string of the molecule is [Br-].[Br-].[Zn+2].c1ccccc1. The number of hydrogen-bond donors (Lipinski definition) is 0. The predicted molar refractivity (Wildman–Crippen MR) is 26.4 cm³/mol. The summed E-state index contributed by atoms with van der Waals surface area (Å²) in [6.45, 7) is 0. The Kier molecular flexibility index (Phi) is 21.1. The number of rotatable bonds is 0. The first-order valence-electron chi connectivity index (χ1n) is 2.00. The van der Waals surface area contributed by atoms with Gasteiger partial charge in [-0.3, -0.25) is 0 Å². The summed E-state index contributed by atoms with van der Waals surface area (Å²) in [5.74, 6) is 0. The zero-order chi connectivity index (χ0) is 4.24. The van der Waals surface area contributed by atoms with Crippen molar-refractivity contribution in [3.05, 3.63) is 36.4 Å². The van der Waals surface area contributed by atoms with E-state index in [0.29, 0.717) is 0 Å². The normalized spacial score (nSPS) is 5.33. The van der Waals surface area contributed by atoms with Crippen molar-refractivity contribution in [2.75, 3.05) is 0 Å². The molecule has 0 aliphatic heterocycles. The Balaban J connectivity index is -0.000000120. The second-order valence-electron chi connectivity index (χ2n) is 1.15. The van der Waals surface area contributed by atoms with Crippen LogP contribution in [-0.2, 0) is 19.5 Å². The Morgan fingerprint density at radius 3 is 0.667 bits per heavy atom. The standard InChI is InChI=1S/C6H6.2BrH.Zn/c1-2-4-6-5-3-1;;;/h1-6H;2*1H;/q;;;+2/p-2. The monoisotopic (exact) mass is 300 g/mol. The van der Waals surface area contributed by atoms with Gasteiger partial charge in [0.2, 0.25) is 0 Å². The third-order valence-corrected chi connectivity index (χ3v) is 0.667. The molecule has 0 saturated carbocycles. The largest absolute Gasteiger partial charge is 2.00 e. The van der Waals surface area contributed by atoms with Crippen molar-refractivity contribution in [3.8, 4) is 0 Å². The fraction of sp³-hybridized carbons (Fsp3) is 0. The summed E-state index contributed by atoms with van der Waals surface area (Å²) in [5, 5.41) is 0. The predicted octanol–water partition coefficient (Wildman–Crippen LogP) is -4.31. The molecule has 0 radical (unpaired) electrons. The molecule has 0 fully saturated rings. The van der Waals surface area contributed by atoms with Gasteiger partial charge in [0.05, 0.1) is 0 Å². The Hall–Kier alpha value is 0.803. The first kappa shape index (κ1) is 16.4. The summed E-state index contributed by atoms with van der Waals surface area (Å²) in [7, 11) is 0. The number of halogens is 2. The maximum Gasteiger partial charge on any atom is 2.00 e. The number of benzene rings is 1. The van der Waals surface area contributed by atoms with E-state index in [1.54, 1.807) is 0 Å². The van der Waals surface area contributed by atoms with Gasteiger partial charge < -0.3 is 34.0 Å². The Morgan fingerprint density at radius 1 is 0.444 bits per heavy atom. The third-order valence-electron chi connectivity index (χ3n) is 0.667. The summed E-state index contributed by atoms with van der Waals surface area (Å²) in [4.78, 5) is 0. The quantitative estimate of drug-likeness (QED) is 0.426. The Labute approximate surface area is 89.3 Å². The van der Waals surface area contributed by atoms with Crippen molar-refractivity contribution in [2.24, 2.45) is 0 Å². The first-order chi connectivity index (χ1) is 3.00. The molecule has 1 aromatic carbocycles. The van der Waals surface area contributed by atoms with Gasteiger partial charge in [0.15, 0.2) is 0 Å². The minimum absolute atomic E-state index is 0. The summed E-state index contributed by atoms with van der Waals surface area (Å²) >= 11 is 0. The van der Waals surface area contributed by atoms with E-state index < -0.39 is 0 Å². The average Bonchev–Trinajstić information content (AvgIpc) is 1.72. The van der Waals surface area contributed by atoms with Crippen LogP contribution >= 0.6 is 0 Å². The molecular formula is C6H6Br2Zn. The van der Waals surface area contributed by atoms with Gasteiger partial charge in [-0.15, -0.1) is 0 Å². The Morgan fingerprint density at radius 2 is 0.556 bits per heavy atom. The molecule has 0 N–H and O–H groups in total. The summed E-state index contributed by atoms with van der Waals surface area (Å²) < 4.78 is 0. The summed E-state index contributed by atoms with van der Waals surface area (Å²) in [5.41, 5.74) is 0. The molecule has 46 valence electrons. The molecule has 0 nitrogen and oxygen atoms in total. The van der Waals surface area contributed by atoms with Gasteiger partial charge in [-0.05, 0) is 0 Å². The molecule has 0 saturated heterocycles. The zero-order valence-corrected chi connectivity index (χ0v) is 11.1. The van der Waals surface area contributed by atoms with Crippen LogP contribution in [0.2, 0.25) is 0 Å². The van der Waals surface area contributed by atoms with Crippen LogP contribution in [0.4, 0.5) is 0 Å². The molecule has 0 spiro atoms. The van der Waals surface area contributed by atoms with E-state index in [-0.39, 0.29) is 53.4 Å². The number of hydrogen-bond acceptors (Lipinski definition) is 0. The molecule has 0 unspecified atom stereocenters. The van der Waals surface area contributed by atoms with Crippen LogP contribution in [-0.4, -0.2) is 0 Å². The van der Waals surface area contributed by atoms with Gasteiger partial charge in [-0.2, -0.15) is 0 Å². The Bertz CT molecular complexity index is 83.0. The minimum Gasteiger partial charge on any atom is -1.00 e. The summed E-state index contributed by atoms with van der Waals surface area (Å²) in [6.07, 6.45) is 0. The topological polar surface area (TPSA) is 0 Å². The molecule has 0 aliphatic rings. The smallest absolute Gasteiger partial charge is 1.00 e. The van der Waals surface area contributed by atoms with Crippen LogP contribution < -0.4 is 34.0 Å². The molecule has 1 rings (SSSR count). The fourth-order valence-electron chi connectivity index (χ4n) is 0.385. The fourth-order valence-corrected chi connectivity index (χ4v) is 0.385. The second-order valence-corrected chi connectivity index (χ2v) is 1.15. The summed E-state index contributed by atoms with van der Waals surface area (Å²) in [6, 6.07) is 12.0. The molecule has 1 aromatic rings. The van der Waals surface area contributed by atoms with Gasteiger partial charge in [-0.25, -0.2) is 0 Å². The molecule has 0 amide bonds. The molecule has 0 aromatic heterocycles. The van der Waals surface area contributed by atoms with Gasteiger partial charge in [-0.1, -0.05) is 36.4 Å². The van der Waals surface area contributed by atoms with E-state index in [9.17, 15) is 0 Å². The van der Waals surface area contributed by atoms with Gasteiger partial charge in [0.25, 0.3) is 0 Å². The van der Waals surface area contributed by atoms with Crippen LogP contribution in [0.15, 0.2) is 36.4 Å². The van der Waals surface area contributed by atoms with E-state index in [0.717, 1.165) is 0 Å². The maximum atomic E-state index is 2.00. The van der Waals surface area contributed by atoms with Gasteiger partial charge in [0.1, 0.15) is 0 Å². The molecule has 3 heteroatoms. The van der Waals surface area contributed by atoms with Crippen LogP contribution in [0.1, 0.15) is 0 Å². The third kappa shape index (κ3) is 8.80. The molecular weight excluding hydrogens is 297 g/mol. The van der Waals surface area contributed by atoms with E-state index >= 15 is 0 Å². The van der Waals surface area contributed by atoms with Crippen molar-refractivity contribution in [1.82, 2.24) is 0 Å². The van der Waals surface area contributed by atoms with Crippen molar-refractivity contribution in [1.29, 1.82) is 0 Å². The zero-order valence-electron chi connectivity index (χ0n) is 4.93. The van der Waals surface area contributed by atoms with E-state index in [1.807, 2.05) is 36.4 Å². The van der Waals surface area contributed by atoms with E-state index in [4.69, 9.17) is 0 Å². The van der Waals surface area contributed by atoms with Crippen LogP contribution in [0.5, 0.6) is 0 Å². The van der Waals surface area contributed by atoms with Crippen LogP contribution in [0, 0.1) is 0 Å². The molecule has 0 aliphatic carbocycles. The van der Waals surface area contributed by atoms with Crippen molar-refractivity contribution >= 4 is 0 Å². The minimum atomic E-state index is 0. The maximum absolute atomic E-state index is 2.00. The van der Waals surface area contributed by atoms with Gasteiger partial charge >= 0.3 is 19.5 Å². The molecule has 0 atom stereocenters. The second kappa shape index (κ2) is 11.6. The average molecular weight is 303 g/mol. The van der Waals surface area contributed by atoms with Crippen LogP contribution in [0.25, 0.3) is 0 Å².